The van der Waals surface area contributed by atoms with Crippen LogP contribution in [0.25, 0.3) is 0 Å². The highest BCUT2D eigenvalue weighted by atomic mass is 19.4. The van der Waals surface area contributed by atoms with E-state index in [1.165, 1.54) is 5.01 Å². The molecular formula is C36H52F3N3O2. The summed E-state index contributed by atoms with van der Waals surface area (Å²) in [4.78, 5) is 14.6. The predicted molar refractivity (Wildman–Crippen MR) is 164 cm³/mol. The number of ketones is 1. The molecule has 5 nitrogen and oxygen atoms in total. The van der Waals surface area contributed by atoms with Gasteiger partial charge in [-0.1, -0.05) is 65.0 Å². The van der Waals surface area contributed by atoms with E-state index in [2.05, 4.69) is 40.0 Å². The maximum absolute atomic E-state index is 14.8. The van der Waals surface area contributed by atoms with Gasteiger partial charge in [0.05, 0.1) is 6.10 Å². The fourth-order valence-corrected chi connectivity index (χ4v) is 12.7. The molecule has 244 valence electrons. The molecule has 4 unspecified atom stereocenters. The molecule has 5 saturated carbocycles. The third kappa shape index (κ3) is 3.71. The maximum atomic E-state index is 14.8. The number of aliphatic hydroxyl groups is 1. The molecule has 5 aliphatic carbocycles. The van der Waals surface area contributed by atoms with E-state index in [9.17, 15) is 23.1 Å². The summed E-state index contributed by atoms with van der Waals surface area (Å²) in [5.41, 5.74) is 6.37. The van der Waals surface area contributed by atoms with Gasteiger partial charge in [0.1, 0.15) is 5.78 Å². The van der Waals surface area contributed by atoms with Crippen LogP contribution in [0.1, 0.15) is 111 Å². The minimum Gasteiger partial charge on any atom is -0.393 e. The summed E-state index contributed by atoms with van der Waals surface area (Å²) in [6.07, 6.45) is 2.73. The average Bonchev–Trinajstić information content (AvgIpc) is 3.73. The van der Waals surface area contributed by atoms with Crippen molar-refractivity contribution in [2.75, 3.05) is 0 Å². The number of fused-ring (bicyclic) bond motifs is 7. The lowest BCUT2D eigenvalue weighted by atomic mass is 9.33. The van der Waals surface area contributed by atoms with Crippen LogP contribution >= 0.6 is 0 Å². The van der Waals surface area contributed by atoms with Gasteiger partial charge in [0.15, 0.2) is 0 Å². The fraction of sp³-hybridized carbons (Fsp3) is 0.806. The number of benzene rings is 1. The highest BCUT2D eigenvalue weighted by molar-refractivity contribution is 5.85. The first-order valence-electron chi connectivity index (χ1n) is 17.0. The van der Waals surface area contributed by atoms with Crippen LogP contribution in [0.15, 0.2) is 30.3 Å². The number of hydrogen-bond acceptors (Lipinski definition) is 5. The molecule has 1 aromatic carbocycles. The van der Waals surface area contributed by atoms with Gasteiger partial charge in [0.25, 0.3) is 0 Å². The molecule has 4 N–H and O–H groups in total. The lowest BCUT2D eigenvalue weighted by Crippen LogP contribution is -2.76. The first-order valence-corrected chi connectivity index (χ1v) is 17.0. The summed E-state index contributed by atoms with van der Waals surface area (Å²) >= 11 is 0. The van der Waals surface area contributed by atoms with Gasteiger partial charge < -0.3 is 10.8 Å². The molecule has 1 aliphatic heterocycles. The molecule has 1 aromatic rings. The molecule has 7 rings (SSSR count). The summed E-state index contributed by atoms with van der Waals surface area (Å²) < 4.78 is 44.5. The lowest BCUT2D eigenvalue weighted by molar-refractivity contribution is -0.223. The predicted octanol–water partition coefficient (Wildman–Crippen LogP) is 7.09. The highest BCUT2D eigenvalue weighted by Gasteiger charge is 2.77. The van der Waals surface area contributed by atoms with Gasteiger partial charge in [-0.15, -0.1) is 0 Å². The van der Waals surface area contributed by atoms with Crippen LogP contribution in [0.5, 0.6) is 0 Å². The number of alkyl halides is 3. The number of carbonyl (C=O) groups is 1. The number of nitrogens with two attached hydrogens (primary N) is 1. The minimum atomic E-state index is -4.49. The largest absolute Gasteiger partial charge is 0.427 e. The Morgan fingerprint density at radius 2 is 1.57 bits per heavy atom. The van der Waals surface area contributed by atoms with Crippen molar-refractivity contribution in [1.82, 2.24) is 10.4 Å². The molecule has 12 atom stereocenters. The van der Waals surface area contributed by atoms with E-state index in [1.807, 2.05) is 6.92 Å². The number of hydrogen-bond donors (Lipinski definition) is 3. The van der Waals surface area contributed by atoms with Crippen LogP contribution in [0.3, 0.4) is 0 Å². The average molecular weight is 616 g/mol. The van der Waals surface area contributed by atoms with Crippen molar-refractivity contribution in [3.63, 3.8) is 0 Å². The molecule has 6 fully saturated rings. The summed E-state index contributed by atoms with van der Waals surface area (Å²) in [7, 11) is 0. The molecular weight excluding hydrogens is 563 g/mol. The van der Waals surface area contributed by atoms with Crippen LogP contribution < -0.4 is 11.2 Å². The van der Waals surface area contributed by atoms with Gasteiger partial charge >= 0.3 is 6.18 Å². The quantitative estimate of drug-likeness (QED) is 0.309. The van der Waals surface area contributed by atoms with Crippen molar-refractivity contribution < 1.29 is 23.1 Å². The van der Waals surface area contributed by atoms with Crippen molar-refractivity contribution in [1.29, 1.82) is 0 Å². The summed E-state index contributed by atoms with van der Waals surface area (Å²) in [6, 6.07) is 8.20. The molecule has 0 aromatic heterocycles. The van der Waals surface area contributed by atoms with Crippen molar-refractivity contribution in [3.8, 4) is 0 Å². The first-order chi connectivity index (χ1) is 20.3. The Labute approximate surface area is 260 Å². The van der Waals surface area contributed by atoms with E-state index < -0.39 is 22.9 Å². The maximum Gasteiger partial charge on any atom is 0.427 e. The molecule has 1 saturated heterocycles. The van der Waals surface area contributed by atoms with Gasteiger partial charge in [-0.05, 0) is 110 Å². The molecule has 0 bridgehead atoms. The minimum absolute atomic E-state index is 0.0565. The Morgan fingerprint density at radius 1 is 0.909 bits per heavy atom. The molecule has 0 spiro atoms. The van der Waals surface area contributed by atoms with E-state index >= 15 is 0 Å². The van der Waals surface area contributed by atoms with E-state index in [0.29, 0.717) is 31.5 Å². The number of nitrogens with zero attached hydrogens (tertiary/aromatic N) is 1. The van der Waals surface area contributed by atoms with Gasteiger partial charge in [-0.25, -0.2) is 10.4 Å². The highest BCUT2D eigenvalue weighted by Crippen LogP contribution is 2.73. The Morgan fingerprint density at radius 3 is 2.23 bits per heavy atom. The first kappa shape index (κ1) is 31.1. The normalized spacial score (nSPS) is 53.1. The van der Waals surface area contributed by atoms with Crippen molar-refractivity contribution in [3.05, 3.63) is 35.9 Å². The molecule has 6 aliphatic rings. The summed E-state index contributed by atoms with van der Waals surface area (Å²) in [5, 5.41) is 12.5. The number of carbonyl (C=O) groups excluding carboxylic acids is 1. The zero-order valence-corrected chi connectivity index (χ0v) is 27.4. The number of Topliss-reactive ketones (excluding diaryl/α,β-unsaturated/α-hetero) is 1. The second-order valence-electron chi connectivity index (χ2n) is 17.6. The number of aliphatic hydroxyl groups excluding tert-OH is 1. The van der Waals surface area contributed by atoms with Gasteiger partial charge in [0.2, 0.25) is 5.66 Å². The molecule has 0 amide bonds. The second-order valence-corrected chi connectivity index (χ2v) is 17.6. The number of nitrogens with one attached hydrogen (secondary N) is 1. The van der Waals surface area contributed by atoms with Crippen molar-refractivity contribution >= 4 is 5.78 Å². The Hall–Kier alpha value is -1.48. The van der Waals surface area contributed by atoms with Crippen molar-refractivity contribution in [2.45, 2.75) is 135 Å². The number of halogens is 3. The van der Waals surface area contributed by atoms with Crippen LogP contribution in [-0.2, 0) is 10.5 Å². The van der Waals surface area contributed by atoms with Crippen LogP contribution in [0, 0.1) is 45.3 Å². The lowest BCUT2D eigenvalue weighted by Gasteiger charge is -2.72. The van der Waals surface area contributed by atoms with E-state index in [4.69, 9.17) is 5.73 Å². The Balaban J connectivity index is 1.24. The topological polar surface area (TPSA) is 88.3 Å². The molecule has 0 radical (unpaired) electrons. The summed E-state index contributed by atoms with van der Waals surface area (Å²) in [6.45, 7) is 13.2. The van der Waals surface area contributed by atoms with Crippen LogP contribution in [-0.4, -0.2) is 39.3 Å². The van der Waals surface area contributed by atoms with Gasteiger partial charge in [-0.3, -0.25) is 4.79 Å². The van der Waals surface area contributed by atoms with Crippen LogP contribution in [0.4, 0.5) is 13.2 Å². The van der Waals surface area contributed by atoms with E-state index in [-0.39, 0.29) is 57.0 Å². The zero-order chi connectivity index (χ0) is 31.9. The number of rotatable bonds is 2. The second kappa shape index (κ2) is 9.11. The standard InChI is InChI=1S/C36H52F3N3O2/c1-29(2)26-12-15-33(6)28(32(26,5)14-13-27(29)44)25(43)20-23-24-21-31(4,18-16-30(24,3)17-19-34(23,33)40)42-35(41-42,36(37,38)39)22-10-8-7-9-11-22/h7-11,23-24,26-28,41,44H,12-21,40H2,1-6H3/t23?,24-,26-,27-,28+,30+,31?,32-,33+,34-,35?,42?/m0/s1. The Bertz CT molecular complexity index is 1350. The third-order valence-corrected chi connectivity index (χ3v) is 15.3. The third-order valence-electron chi connectivity index (χ3n) is 15.3. The van der Waals surface area contributed by atoms with E-state index in [0.717, 1.165) is 38.5 Å². The molecule has 8 heteroatoms. The number of hydrazine groups is 1. The van der Waals surface area contributed by atoms with Gasteiger partial charge in [-0.2, -0.15) is 13.2 Å². The summed E-state index contributed by atoms with van der Waals surface area (Å²) in [5.74, 6) is 0.379. The zero-order valence-electron chi connectivity index (χ0n) is 27.4. The smallest absolute Gasteiger partial charge is 0.393 e. The van der Waals surface area contributed by atoms with E-state index in [1.54, 1.807) is 30.3 Å². The monoisotopic (exact) mass is 615 g/mol. The molecule has 44 heavy (non-hydrogen) atoms. The van der Waals surface area contributed by atoms with Crippen molar-refractivity contribution in [2.24, 2.45) is 51.1 Å². The van der Waals surface area contributed by atoms with Gasteiger partial charge in [0, 0.05) is 23.4 Å². The fourth-order valence-electron chi connectivity index (χ4n) is 12.7. The molecule has 1 heterocycles. The van der Waals surface area contributed by atoms with Crippen LogP contribution in [0.2, 0.25) is 0 Å². The Kier molecular flexibility index (Phi) is 6.44. The SMILES string of the molecule is CC1(C)[C@@H](O)CC[C@]2(C)[C@H]3C(=O)CC4[C@@H]5CC(C)(N6NC6(c6ccccc6)C(F)(F)F)CC[C@]5(C)CC[C@@]4(N)[C@]3(C)CC[C@@H]12.